The smallest absolute Gasteiger partial charge is 0.305 e. The molecule has 1 N–H and O–H groups in total. The van der Waals surface area contributed by atoms with Crippen molar-refractivity contribution < 1.29 is 18.9 Å². The highest BCUT2D eigenvalue weighted by Gasteiger charge is 2.08. The lowest BCUT2D eigenvalue weighted by atomic mass is 10.1. The molecule has 0 aliphatic carbocycles. The van der Waals surface area contributed by atoms with Gasteiger partial charge in [-0.05, 0) is 6.42 Å². The predicted molar refractivity (Wildman–Crippen MR) is 93.2 cm³/mol. The molecule has 0 aliphatic heterocycles. The fourth-order valence-electron chi connectivity index (χ4n) is 2.42. The van der Waals surface area contributed by atoms with Gasteiger partial charge in [-0.3, -0.25) is 9.59 Å². The van der Waals surface area contributed by atoms with E-state index >= 15 is 0 Å². The molecule has 1 aromatic rings. The normalized spacial score (nSPS) is 10.4. The minimum atomic E-state index is -0.171. The number of carbonyl (C=O) groups excluding carboxylic acids is 2. The van der Waals surface area contributed by atoms with Gasteiger partial charge in [0.05, 0.1) is 6.54 Å². The molecule has 134 valence electrons. The lowest BCUT2D eigenvalue weighted by Gasteiger charge is -2.06. The highest BCUT2D eigenvalue weighted by Crippen LogP contribution is 2.08. The van der Waals surface area contributed by atoms with E-state index in [4.69, 9.17) is 4.74 Å². The van der Waals surface area contributed by atoms with E-state index < -0.39 is 0 Å². The Hall–Kier alpha value is -1.91. The van der Waals surface area contributed by atoms with Crippen molar-refractivity contribution in [2.45, 2.75) is 64.8 Å². The summed E-state index contributed by atoms with van der Waals surface area (Å²) in [6.45, 7) is 3.07. The van der Waals surface area contributed by atoms with E-state index in [9.17, 15) is 9.59 Å². The summed E-state index contributed by atoms with van der Waals surface area (Å²) < 4.78 is 6.92. The van der Waals surface area contributed by atoms with E-state index in [0.717, 1.165) is 12.8 Å². The van der Waals surface area contributed by atoms with Crippen LogP contribution in [0.1, 0.15) is 58.3 Å². The van der Waals surface area contributed by atoms with Gasteiger partial charge in [-0.2, -0.15) is 4.57 Å². The molecule has 0 aliphatic rings. The lowest BCUT2D eigenvalue weighted by Crippen LogP contribution is -2.43. The summed E-state index contributed by atoms with van der Waals surface area (Å²) in [5.41, 5.74) is 0. The molecular weight excluding hydrogens is 304 g/mol. The first-order valence-electron chi connectivity index (χ1n) is 9.08. The first-order chi connectivity index (χ1) is 11.7. The van der Waals surface area contributed by atoms with E-state index in [-0.39, 0.29) is 25.0 Å². The molecule has 0 radical (unpaired) electrons. The molecule has 0 spiro atoms. The van der Waals surface area contributed by atoms with Gasteiger partial charge in [0.2, 0.25) is 6.54 Å². The number of hydrogen-bond donors (Lipinski definition) is 1. The maximum atomic E-state index is 11.7. The first-order valence-corrected chi connectivity index (χ1v) is 9.08. The number of carbonyl (C=O) groups is 2. The fourth-order valence-corrected chi connectivity index (χ4v) is 2.42. The van der Waals surface area contributed by atoms with E-state index in [0.29, 0.717) is 13.0 Å². The summed E-state index contributed by atoms with van der Waals surface area (Å²) in [6.07, 6.45) is 12.4. The number of rotatable bonds is 13. The van der Waals surface area contributed by atoms with Crippen molar-refractivity contribution >= 4 is 11.9 Å². The summed E-state index contributed by atoms with van der Waals surface area (Å²) in [5.74, 6) is -0.260. The van der Waals surface area contributed by atoms with E-state index in [1.54, 1.807) is 4.57 Å². The predicted octanol–water partition coefficient (Wildman–Crippen LogP) is 2.77. The Morgan fingerprint density at radius 2 is 1.62 bits per heavy atom. The van der Waals surface area contributed by atoms with E-state index in [1.807, 2.05) is 30.6 Å². The van der Waals surface area contributed by atoms with Crippen LogP contribution in [0.4, 0.5) is 0 Å². The largest absolute Gasteiger partial charge is 0.464 e. The Labute approximate surface area is 145 Å². The van der Waals surface area contributed by atoms with Gasteiger partial charge in [0.15, 0.2) is 12.4 Å². The molecule has 0 bridgehead atoms. The minimum absolute atomic E-state index is 0.0886. The van der Waals surface area contributed by atoms with Crippen molar-refractivity contribution in [2.24, 2.45) is 0 Å². The van der Waals surface area contributed by atoms with Crippen molar-refractivity contribution in [3.05, 3.63) is 30.6 Å². The van der Waals surface area contributed by atoms with Crippen LogP contribution in [-0.2, 0) is 20.9 Å². The SMILES string of the molecule is CCCCCCCCCC(=O)OCCNC(=O)C[n+]1ccccc1. The van der Waals surface area contributed by atoms with Crippen molar-refractivity contribution in [2.75, 3.05) is 13.2 Å². The van der Waals surface area contributed by atoms with Crippen LogP contribution in [0.25, 0.3) is 0 Å². The van der Waals surface area contributed by atoms with Crippen LogP contribution in [-0.4, -0.2) is 25.0 Å². The van der Waals surface area contributed by atoms with Crippen molar-refractivity contribution in [3.8, 4) is 0 Å². The van der Waals surface area contributed by atoms with E-state index in [2.05, 4.69) is 12.2 Å². The van der Waals surface area contributed by atoms with Gasteiger partial charge >= 0.3 is 5.97 Å². The van der Waals surface area contributed by atoms with Crippen LogP contribution in [0.2, 0.25) is 0 Å². The average Bonchev–Trinajstić information content (AvgIpc) is 2.59. The Morgan fingerprint density at radius 1 is 0.958 bits per heavy atom. The molecule has 1 aromatic heterocycles. The van der Waals surface area contributed by atoms with Crippen molar-refractivity contribution in [1.82, 2.24) is 5.32 Å². The number of amides is 1. The maximum absolute atomic E-state index is 11.7. The van der Waals surface area contributed by atoms with Gasteiger partial charge < -0.3 is 10.1 Å². The van der Waals surface area contributed by atoms with Crippen LogP contribution in [0.3, 0.4) is 0 Å². The maximum Gasteiger partial charge on any atom is 0.305 e. The van der Waals surface area contributed by atoms with E-state index in [1.165, 1.54) is 32.1 Å². The standard InChI is InChI=1S/C19H30N2O3/c1-2-3-4-5-6-7-9-12-19(23)24-16-13-20-18(22)17-21-14-10-8-11-15-21/h8,10-11,14-15H,2-7,9,12-13,16-17H2,1H3/p+1. The quantitative estimate of drug-likeness (QED) is 0.342. The summed E-state index contributed by atoms with van der Waals surface area (Å²) in [5, 5.41) is 2.75. The third-order valence-corrected chi connectivity index (χ3v) is 3.78. The van der Waals surface area contributed by atoms with Gasteiger partial charge in [0.25, 0.3) is 5.91 Å². The molecule has 1 rings (SSSR count). The Kier molecular flexibility index (Phi) is 11.3. The number of esters is 1. The summed E-state index contributed by atoms with van der Waals surface area (Å²) in [6, 6.07) is 5.65. The molecule has 0 saturated heterocycles. The molecular formula is C19H31N2O3+. The number of aromatic nitrogens is 1. The Balaban J connectivity index is 1.94. The zero-order valence-electron chi connectivity index (χ0n) is 14.8. The van der Waals surface area contributed by atoms with Gasteiger partial charge in [-0.1, -0.05) is 51.5 Å². The number of nitrogens with one attached hydrogen (secondary N) is 1. The summed E-state index contributed by atoms with van der Waals surface area (Å²) in [7, 11) is 0. The van der Waals surface area contributed by atoms with Crippen LogP contribution < -0.4 is 9.88 Å². The van der Waals surface area contributed by atoms with Crippen LogP contribution in [0.5, 0.6) is 0 Å². The second-order valence-electron chi connectivity index (χ2n) is 5.99. The van der Waals surface area contributed by atoms with Gasteiger partial charge in [-0.25, -0.2) is 0 Å². The monoisotopic (exact) mass is 335 g/mol. The second kappa shape index (κ2) is 13.5. The molecule has 5 heteroatoms. The topological polar surface area (TPSA) is 59.3 Å². The summed E-state index contributed by atoms with van der Waals surface area (Å²) >= 11 is 0. The first kappa shape index (κ1) is 20.1. The van der Waals surface area contributed by atoms with Crippen LogP contribution in [0, 0.1) is 0 Å². The van der Waals surface area contributed by atoms with Crippen molar-refractivity contribution in [3.63, 3.8) is 0 Å². The molecule has 0 atom stereocenters. The zero-order chi connectivity index (χ0) is 17.5. The highest BCUT2D eigenvalue weighted by atomic mass is 16.5. The molecule has 1 heterocycles. The second-order valence-corrected chi connectivity index (χ2v) is 5.99. The zero-order valence-corrected chi connectivity index (χ0v) is 14.8. The van der Waals surface area contributed by atoms with Gasteiger partial charge in [-0.15, -0.1) is 0 Å². The van der Waals surface area contributed by atoms with Crippen molar-refractivity contribution in [1.29, 1.82) is 0 Å². The third-order valence-electron chi connectivity index (χ3n) is 3.78. The molecule has 1 amide bonds. The molecule has 0 unspecified atom stereocenters. The van der Waals surface area contributed by atoms with Gasteiger partial charge in [0, 0.05) is 18.6 Å². The Morgan fingerprint density at radius 3 is 2.33 bits per heavy atom. The fraction of sp³-hybridized carbons (Fsp3) is 0.632. The number of unbranched alkanes of at least 4 members (excludes halogenated alkanes) is 6. The van der Waals surface area contributed by atoms with Crippen LogP contribution in [0.15, 0.2) is 30.6 Å². The third kappa shape index (κ3) is 10.8. The number of ether oxygens (including phenoxy) is 1. The number of hydrogen-bond acceptors (Lipinski definition) is 3. The molecule has 24 heavy (non-hydrogen) atoms. The molecule has 0 aromatic carbocycles. The molecule has 5 nitrogen and oxygen atoms in total. The highest BCUT2D eigenvalue weighted by molar-refractivity contribution is 5.74. The lowest BCUT2D eigenvalue weighted by molar-refractivity contribution is -0.684. The number of pyridine rings is 1. The van der Waals surface area contributed by atoms with Crippen LogP contribution >= 0.6 is 0 Å². The molecule has 0 saturated carbocycles. The Bertz CT molecular complexity index is 463. The average molecular weight is 335 g/mol. The molecule has 0 fully saturated rings. The summed E-state index contributed by atoms with van der Waals surface area (Å²) in [4.78, 5) is 23.3. The minimum Gasteiger partial charge on any atom is -0.464 e. The van der Waals surface area contributed by atoms with Gasteiger partial charge in [0.1, 0.15) is 6.61 Å². The number of nitrogens with zero attached hydrogens (tertiary/aromatic N) is 1.